The molecule has 0 saturated carbocycles. The number of hydrogen-bond donors (Lipinski definition) is 1. The van der Waals surface area contributed by atoms with Gasteiger partial charge in [-0.2, -0.15) is 0 Å². The number of rotatable bonds is 9. The van der Waals surface area contributed by atoms with Crippen molar-refractivity contribution >= 4 is 33.0 Å². The molecule has 0 bridgehead atoms. The quantitative estimate of drug-likeness (QED) is 0.595. The minimum absolute atomic E-state index is 0.123. The van der Waals surface area contributed by atoms with E-state index in [0.717, 1.165) is 19.1 Å². The first-order valence-electron chi connectivity index (χ1n) is 8.96. The molecule has 0 aromatic heterocycles. The fourth-order valence-corrected chi connectivity index (χ4v) is 3.36. The van der Waals surface area contributed by atoms with Gasteiger partial charge in [-0.25, -0.2) is 8.42 Å². The molecule has 8 heteroatoms. The zero-order valence-electron chi connectivity index (χ0n) is 16.1. The van der Waals surface area contributed by atoms with E-state index in [9.17, 15) is 13.2 Å². The van der Waals surface area contributed by atoms with E-state index in [1.807, 2.05) is 6.92 Å². The maximum Gasteiger partial charge on any atom is 0.255 e. The summed E-state index contributed by atoms with van der Waals surface area (Å²) in [6, 6.07) is 9.11. The predicted molar refractivity (Wildman–Crippen MR) is 111 cm³/mol. The standard InChI is InChI=1S/C20H24ClNO5S/c1-4-6-10-27-19-17(21)11-14(12-18(19)26-5-2)20(23)22-15-8-7-9-16(13-15)28(3,24)25/h7-9,11-13H,4-6,10H2,1-3H3,(H,22,23). The third-order valence-electron chi connectivity index (χ3n) is 3.84. The first-order valence-corrected chi connectivity index (χ1v) is 11.2. The van der Waals surface area contributed by atoms with Crippen LogP contribution in [0.25, 0.3) is 0 Å². The van der Waals surface area contributed by atoms with Gasteiger partial charge in [0.05, 0.1) is 23.1 Å². The van der Waals surface area contributed by atoms with Crippen LogP contribution in [-0.2, 0) is 9.84 Å². The Morgan fingerprint density at radius 3 is 2.54 bits per heavy atom. The Morgan fingerprint density at radius 2 is 1.89 bits per heavy atom. The van der Waals surface area contributed by atoms with E-state index in [0.29, 0.717) is 30.4 Å². The molecule has 0 atom stereocenters. The molecule has 2 aromatic carbocycles. The van der Waals surface area contributed by atoms with Crippen molar-refractivity contribution in [1.82, 2.24) is 0 Å². The molecule has 2 aromatic rings. The Bertz CT molecular complexity index is 944. The summed E-state index contributed by atoms with van der Waals surface area (Å²) < 4.78 is 34.7. The van der Waals surface area contributed by atoms with Gasteiger partial charge in [-0.05, 0) is 43.7 Å². The lowest BCUT2D eigenvalue weighted by atomic mass is 10.1. The molecule has 0 radical (unpaired) electrons. The highest BCUT2D eigenvalue weighted by Crippen LogP contribution is 2.37. The number of nitrogens with one attached hydrogen (secondary N) is 1. The van der Waals surface area contributed by atoms with Crippen LogP contribution in [0.4, 0.5) is 5.69 Å². The van der Waals surface area contributed by atoms with Crippen molar-refractivity contribution in [1.29, 1.82) is 0 Å². The smallest absolute Gasteiger partial charge is 0.255 e. The number of hydrogen-bond acceptors (Lipinski definition) is 5. The van der Waals surface area contributed by atoms with Crippen molar-refractivity contribution in [3.05, 3.63) is 47.0 Å². The molecule has 0 heterocycles. The number of halogens is 1. The van der Waals surface area contributed by atoms with E-state index in [1.165, 1.54) is 18.2 Å². The topological polar surface area (TPSA) is 81.7 Å². The maximum atomic E-state index is 12.6. The van der Waals surface area contributed by atoms with Crippen LogP contribution in [0.3, 0.4) is 0 Å². The van der Waals surface area contributed by atoms with Gasteiger partial charge in [0.15, 0.2) is 21.3 Å². The molecule has 0 saturated heterocycles. The number of amides is 1. The Morgan fingerprint density at radius 1 is 1.14 bits per heavy atom. The zero-order chi connectivity index (χ0) is 20.7. The minimum Gasteiger partial charge on any atom is -0.490 e. The first kappa shape index (κ1) is 22.0. The average Bonchev–Trinajstić information content (AvgIpc) is 2.63. The molecule has 6 nitrogen and oxygen atoms in total. The van der Waals surface area contributed by atoms with Crippen LogP contribution in [0, 0.1) is 0 Å². The van der Waals surface area contributed by atoms with E-state index < -0.39 is 15.7 Å². The molecular weight excluding hydrogens is 402 g/mol. The van der Waals surface area contributed by atoms with Crippen molar-refractivity contribution < 1.29 is 22.7 Å². The Kier molecular flexibility index (Phi) is 7.71. The third kappa shape index (κ3) is 5.87. The lowest BCUT2D eigenvalue weighted by Crippen LogP contribution is -2.13. The first-order chi connectivity index (χ1) is 13.3. The average molecular weight is 426 g/mol. The van der Waals surface area contributed by atoms with Crippen molar-refractivity contribution in [3.63, 3.8) is 0 Å². The molecule has 28 heavy (non-hydrogen) atoms. The number of sulfone groups is 1. The van der Waals surface area contributed by atoms with E-state index in [-0.39, 0.29) is 15.5 Å². The maximum absolute atomic E-state index is 12.6. The monoisotopic (exact) mass is 425 g/mol. The zero-order valence-corrected chi connectivity index (χ0v) is 17.7. The van der Waals surface area contributed by atoms with E-state index in [2.05, 4.69) is 12.2 Å². The molecule has 2 rings (SSSR count). The summed E-state index contributed by atoms with van der Waals surface area (Å²) in [4.78, 5) is 12.8. The summed E-state index contributed by atoms with van der Waals surface area (Å²) in [5, 5.41) is 2.96. The van der Waals surface area contributed by atoms with Gasteiger partial charge in [-0.3, -0.25) is 4.79 Å². The van der Waals surface area contributed by atoms with Crippen molar-refractivity contribution in [2.24, 2.45) is 0 Å². The third-order valence-corrected chi connectivity index (χ3v) is 5.23. The molecule has 152 valence electrons. The highest BCUT2D eigenvalue weighted by molar-refractivity contribution is 7.90. The van der Waals surface area contributed by atoms with Gasteiger partial charge in [0.25, 0.3) is 5.91 Å². The predicted octanol–water partition coefficient (Wildman–Crippen LogP) is 4.57. The minimum atomic E-state index is -3.37. The van der Waals surface area contributed by atoms with Gasteiger partial charge in [0.1, 0.15) is 0 Å². The summed E-state index contributed by atoms with van der Waals surface area (Å²) in [7, 11) is -3.37. The van der Waals surface area contributed by atoms with Gasteiger partial charge in [-0.1, -0.05) is 31.0 Å². The lowest BCUT2D eigenvalue weighted by Gasteiger charge is -2.15. The van der Waals surface area contributed by atoms with Gasteiger partial charge < -0.3 is 14.8 Å². The van der Waals surface area contributed by atoms with Crippen LogP contribution in [0.15, 0.2) is 41.3 Å². The van der Waals surface area contributed by atoms with Crippen LogP contribution in [0.1, 0.15) is 37.0 Å². The molecule has 0 aliphatic heterocycles. The fraction of sp³-hybridized carbons (Fsp3) is 0.350. The number of anilines is 1. The Hall–Kier alpha value is -2.25. The lowest BCUT2D eigenvalue weighted by molar-refractivity contribution is 0.102. The molecule has 0 fully saturated rings. The SMILES string of the molecule is CCCCOc1c(Cl)cc(C(=O)Nc2cccc(S(C)(=O)=O)c2)cc1OCC. The van der Waals surface area contributed by atoms with Gasteiger partial charge >= 0.3 is 0 Å². The van der Waals surface area contributed by atoms with Crippen LogP contribution in [-0.4, -0.2) is 33.8 Å². The van der Waals surface area contributed by atoms with Gasteiger partial charge in [0.2, 0.25) is 0 Å². The number of ether oxygens (including phenoxy) is 2. The van der Waals surface area contributed by atoms with Crippen LogP contribution < -0.4 is 14.8 Å². The number of carbonyl (C=O) groups excluding carboxylic acids is 1. The van der Waals surface area contributed by atoms with Crippen molar-refractivity contribution in [3.8, 4) is 11.5 Å². The summed E-state index contributed by atoms with van der Waals surface area (Å²) in [6.07, 6.45) is 2.97. The summed E-state index contributed by atoms with van der Waals surface area (Å²) in [6.45, 7) is 4.77. The summed E-state index contributed by atoms with van der Waals surface area (Å²) in [5.74, 6) is 0.363. The number of carbonyl (C=O) groups is 1. The fourth-order valence-electron chi connectivity index (χ4n) is 2.43. The molecule has 0 aliphatic carbocycles. The molecule has 0 aliphatic rings. The normalized spacial score (nSPS) is 11.1. The molecule has 0 unspecified atom stereocenters. The summed E-state index contributed by atoms with van der Waals surface area (Å²) >= 11 is 6.32. The highest BCUT2D eigenvalue weighted by Gasteiger charge is 2.17. The molecular formula is C20H24ClNO5S. The summed E-state index contributed by atoms with van der Waals surface area (Å²) in [5.41, 5.74) is 0.645. The molecule has 1 N–H and O–H groups in total. The van der Waals surface area contributed by atoms with Crippen molar-refractivity contribution in [2.45, 2.75) is 31.6 Å². The largest absolute Gasteiger partial charge is 0.490 e. The number of benzene rings is 2. The molecule has 1 amide bonds. The second-order valence-electron chi connectivity index (χ2n) is 6.17. The highest BCUT2D eigenvalue weighted by atomic mass is 35.5. The van der Waals surface area contributed by atoms with Gasteiger partial charge in [-0.15, -0.1) is 0 Å². The molecule has 0 spiro atoms. The van der Waals surface area contributed by atoms with E-state index in [4.69, 9.17) is 21.1 Å². The Labute approximate surface area is 170 Å². The van der Waals surface area contributed by atoms with E-state index >= 15 is 0 Å². The van der Waals surface area contributed by atoms with Crippen LogP contribution in [0.2, 0.25) is 5.02 Å². The second-order valence-corrected chi connectivity index (χ2v) is 8.60. The van der Waals surface area contributed by atoms with Gasteiger partial charge in [0, 0.05) is 17.5 Å². The van der Waals surface area contributed by atoms with Crippen LogP contribution in [0.5, 0.6) is 11.5 Å². The van der Waals surface area contributed by atoms with Crippen LogP contribution >= 0.6 is 11.6 Å². The number of unbranched alkanes of at least 4 members (excludes halogenated alkanes) is 1. The second kappa shape index (κ2) is 9.80. The Balaban J connectivity index is 2.28. The van der Waals surface area contributed by atoms with Crippen molar-refractivity contribution in [2.75, 3.05) is 24.8 Å². The van der Waals surface area contributed by atoms with E-state index in [1.54, 1.807) is 18.2 Å².